The van der Waals surface area contributed by atoms with E-state index in [1.165, 1.54) is 18.3 Å². The molecule has 0 saturated carbocycles. The van der Waals surface area contributed by atoms with Gasteiger partial charge < -0.3 is 0 Å². The molecule has 3 aromatic rings. The van der Waals surface area contributed by atoms with Crippen molar-refractivity contribution in [3.63, 3.8) is 0 Å². The number of fused-ring (bicyclic) bond motifs is 1. The van der Waals surface area contributed by atoms with E-state index in [4.69, 9.17) is 11.6 Å². The fourth-order valence-corrected chi connectivity index (χ4v) is 3.46. The third-order valence-electron chi connectivity index (χ3n) is 3.88. The zero-order valence-electron chi connectivity index (χ0n) is 15.0. The smallest absolute Gasteiger partial charge is 0.174 e. The predicted octanol–water partition coefficient (Wildman–Crippen LogP) is 4.30. The SMILES string of the molecule is C[C@H](N[S@](=O)C(C)(C)C)c1cn2ncc(Cl)c2nc1-c1cccc(F)c1. The predicted molar refractivity (Wildman–Crippen MR) is 103 cm³/mol. The Bertz CT molecular complexity index is 983. The molecule has 0 aliphatic heterocycles. The maximum absolute atomic E-state index is 13.7. The number of benzene rings is 1. The first kappa shape index (κ1) is 18.9. The molecule has 3 rings (SSSR count). The number of hydrogen-bond donors (Lipinski definition) is 1. The third kappa shape index (κ3) is 3.79. The number of nitrogens with one attached hydrogen (secondary N) is 1. The van der Waals surface area contributed by atoms with Crippen molar-refractivity contribution in [2.75, 3.05) is 0 Å². The van der Waals surface area contributed by atoms with Gasteiger partial charge in [-0.15, -0.1) is 0 Å². The van der Waals surface area contributed by atoms with Gasteiger partial charge in [-0.25, -0.2) is 22.8 Å². The average Bonchev–Trinajstić information content (AvgIpc) is 2.93. The van der Waals surface area contributed by atoms with Crippen molar-refractivity contribution < 1.29 is 8.60 Å². The fraction of sp³-hybridized carbons (Fsp3) is 0.333. The first-order valence-electron chi connectivity index (χ1n) is 8.14. The van der Waals surface area contributed by atoms with Crippen LogP contribution in [0.3, 0.4) is 0 Å². The van der Waals surface area contributed by atoms with Gasteiger partial charge in [0.2, 0.25) is 0 Å². The van der Waals surface area contributed by atoms with Crippen molar-refractivity contribution in [3.05, 3.63) is 53.1 Å². The Labute approximate surface area is 159 Å². The van der Waals surface area contributed by atoms with E-state index < -0.39 is 15.7 Å². The van der Waals surface area contributed by atoms with Crippen molar-refractivity contribution in [2.45, 2.75) is 38.5 Å². The molecule has 0 aliphatic carbocycles. The van der Waals surface area contributed by atoms with Crippen molar-refractivity contribution in [3.8, 4) is 11.3 Å². The van der Waals surface area contributed by atoms with Crippen molar-refractivity contribution in [1.82, 2.24) is 19.3 Å². The Hall–Kier alpha value is -1.83. The summed E-state index contributed by atoms with van der Waals surface area (Å²) in [6.45, 7) is 7.57. The molecule has 0 spiro atoms. The minimum absolute atomic E-state index is 0.298. The largest absolute Gasteiger partial charge is 0.242 e. The molecule has 1 aromatic carbocycles. The lowest BCUT2D eigenvalue weighted by Crippen LogP contribution is -2.35. The summed E-state index contributed by atoms with van der Waals surface area (Å²) in [6.07, 6.45) is 3.29. The summed E-state index contributed by atoms with van der Waals surface area (Å²) in [5.41, 5.74) is 2.43. The number of hydrogen-bond acceptors (Lipinski definition) is 3. The van der Waals surface area contributed by atoms with E-state index in [2.05, 4.69) is 14.8 Å². The number of rotatable bonds is 4. The Balaban J connectivity index is 2.13. The van der Waals surface area contributed by atoms with Crippen molar-refractivity contribution in [1.29, 1.82) is 0 Å². The first-order chi connectivity index (χ1) is 12.2. The second-order valence-electron chi connectivity index (χ2n) is 7.04. The summed E-state index contributed by atoms with van der Waals surface area (Å²) in [4.78, 5) is 4.60. The number of nitrogens with zero attached hydrogens (tertiary/aromatic N) is 3. The van der Waals surface area contributed by atoms with Crippen LogP contribution in [0.4, 0.5) is 4.39 Å². The van der Waals surface area contributed by atoms with Crippen molar-refractivity contribution in [2.24, 2.45) is 0 Å². The molecule has 0 radical (unpaired) electrons. The lowest BCUT2D eigenvalue weighted by atomic mass is 10.0. The van der Waals surface area contributed by atoms with Crippen LogP contribution in [0.2, 0.25) is 5.02 Å². The van der Waals surface area contributed by atoms with Gasteiger partial charge in [0.05, 0.1) is 27.6 Å². The highest BCUT2D eigenvalue weighted by Crippen LogP contribution is 2.30. The molecule has 2 atom stereocenters. The summed E-state index contributed by atoms with van der Waals surface area (Å²) in [5, 5.41) is 4.60. The van der Waals surface area contributed by atoms with E-state index >= 15 is 0 Å². The zero-order valence-corrected chi connectivity index (χ0v) is 16.5. The number of aromatic nitrogens is 3. The minimum Gasteiger partial charge on any atom is -0.242 e. The van der Waals surface area contributed by atoms with Crippen LogP contribution < -0.4 is 4.72 Å². The Morgan fingerprint density at radius 2 is 2.08 bits per heavy atom. The molecule has 26 heavy (non-hydrogen) atoms. The lowest BCUT2D eigenvalue weighted by molar-refractivity contribution is 0.614. The average molecular weight is 395 g/mol. The van der Waals surface area contributed by atoms with Crippen LogP contribution in [0.1, 0.15) is 39.3 Å². The van der Waals surface area contributed by atoms with E-state index in [-0.39, 0.29) is 11.9 Å². The maximum atomic E-state index is 13.7. The molecular formula is C18H20ClFN4OS. The summed E-state index contributed by atoms with van der Waals surface area (Å²) < 4.78 is 30.5. The second kappa shape index (κ2) is 7.06. The topological polar surface area (TPSA) is 59.3 Å². The molecule has 0 unspecified atom stereocenters. The van der Waals surface area contributed by atoms with Crippen LogP contribution in [-0.2, 0) is 11.0 Å². The molecule has 0 amide bonds. The van der Waals surface area contributed by atoms with E-state index in [0.717, 1.165) is 5.56 Å². The second-order valence-corrected chi connectivity index (χ2v) is 9.44. The van der Waals surface area contributed by atoms with Crippen LogP contribution in [0.5, 0.6) is 0 Å². The molecule has 2 heterocycles. The van der Waals surface area contributed by atoms with E-state index in [1.807, 2.05) is 27.7 Å². The fourth-order valence-electron chi connectivity index (χ4n) is 2.48. The molecule has 0 fully saturated rings. The van der Waals surface area contributed by atoms with Gasteiger partial charge in [-0.1, -0.05) is 23.7 Å². The van der Waals surface area contributed by atoms with Crippen LogP contribution in [0.25, 0.3) is 16.9 Å². The number of halogens is 2. The van der Waals surface area contributed by atoms with Gasteiger partial charge in [-0.3, -0.25) is 0 Å². The molecule has 0 aliphatic rings. The summed E-state index contributed by atoms with van der Waals surface area (Å²) in [7, 11) is -1.27. The highest BCUT2D eigenvalue weighted by molar-refractivity contribution is 7.84. The Morgan fingerprint density at radius 1 is 1.35 bits per heavy atom. The van der Waals surface area contributed by atoms with Gasteiger partial charge in [0.1, 0.15) is 10.8 Å². The molecule has 2 aromatic heterocycles. The quantitative estimate of drug-likeness (QED) is 0.717. The molecule has 1 N–H and O–H groups in total. The van der Waals surface area contributed by atoms with E-state index in [9.17, 15) is 8.60 Å². The molecule has 8 heteroatoms. The van der Waals surface area contributed by atoms with Gasteiger partial charge in [0, 0.05) is 23.4 Å². The maximum Gasteiger partial charge on any atom is 0.174 e. The van der Waals surface area contributed by atoms with Gasteiger partial charge >= 0.3 is 0 Å². The summed E-state index contributed by atoms with van der Waals surface area (Å²) in [5.74, 6) is -0.353. The Kier molecular flexibility index (Phi) is 5.14. The van der Waals surface area contributed by atoms with Crippen LogP contribution >= 0.6 is 11.6 Å². The molecule has 0 saturated heterocycles. The van der Waals surface area contributed by atoms with Gasteiger partial charge in [0.25, 0.3) is 0 Å². The van der Waals surface area contributed by atoms with Crippen LogP contribution in [-0.4, -0.2) is 23.6 Å². The van der Waals surface area contributed by atoms with Gasteiger partial charge in [-0.2, -0.15) is 5.10 Å². The van der Waals surface area contributed by atoms with Gasteiger partial charge in [0.15, 0.2) is 5.65 Å². The zero-order chi connectivity index (χ0) is 19.1. The van der Waals surface area contributed by atoms with Gasteiger partial charge in [-0.05, 0) is 39.8 Å². The van der Waals surface area contributed by atoms with Crippen molar-refractivity contribution >= 4 is 28.2 Å². The monoisotopic (exact) mass is 394 g/mol. The van der Waals surface area contributed by atoms with E-state index in [0.29, 0.717) is 21.9 Å². The minimum atomic E-state index is -1.27. The van der Waals surface area contributed by atoms with Crippen LogP contribution in [0, 0.1) is 5.82 Å². The Morgan fingerprint density at radius 3 is 2.73 bits per heavy atom. The third-order valence-corrected chi connectivity index (χ3v) is 5.83. The normalized spacial score (nSPS) is 14.5. The molecular weight excluding hydrogens is 375 g/mol. The molecule has 0 bridgehead atoms. The highest BCUT2D eigenvalue weighted by atomic mass is 35.5. The summed E-state index contributed by atoms with van der Waals surface area (Å²) in [6, 6.07) is 5.91. The standard InChI is InChI=1S/C18H20ClFN4OS/c1-11(23-26(25)18(2,3)4)14-10-24-17(15(19)9-21-24)22-16(14)12-6-5-7-13(20)8-12/h5-11,23H,1-4H3/t11-,26+/m0/s1. The molecule has 5 nitrogen and oxygen atoms in total. The van der Waals surface area contributed by atoms with Crippen LogP contribution in [0.15, 0.2) is 36.7 Å². The first-order valence-corrected chi connectivity index (χ1v) is 9.67. The molecule has 138 valence electrons. The lowest BCUT2D eigenvalue weighted by Gasteiger charge is -2.23. The highest BCUT2D eigenvalue weighted by Gasteiger charge is 2.24. The van der Waals surface area contributed by atoms with E-state index in [1.54, 1.807) is 22.8 Å². The summed E-state index contributed by atoms with van der Waals surface area (Å²) >= 11 is 6.16.